The third kappa shape index (κ3) is 6.68. The molecule has 0 aromatic heterocycles. The number of nitrogens with zero attached hydrogens (tertiary/aromatic N) is 2. The molecule has 2 amide bonds. The van der Waals surface area contributed by atoms with E-state index in [9.17, 15) is 22.8 Å². The van der Waals surface area contributed by atoms with Gasteiger partial charge in [-0.15, -0.1) is 0 Å². The first-order chi connectivity index (χ1) is 10.6. The van der Waals surface area contributed by atoms with E-state index in [2.05, 4.69) is 5.32 Å². The van der Waals surface area contributed by atoms with Gasteiger partial charge in [-0.2, -0.15) is 13.2 Å². The number of benzene rings is 1. The van der Waals surface area contributed by atoms with Crippen LogP contribution >= 0.6 is 0 Å². The largest absolute Gasteiger partial charge is 0.406 e. The molecule has 1 aromatic carbocycles. The Labute approximate surface area is 133 Å². The third-order valence-electron chi connectivity index (χ3n) is 3.14. The minimum absolute atomic E-state index is 0.121. The Bertz CT molecular complexity index is 544. The zero-order chi connectivity index (χ0) is 17.6. The van der Waals surface area contributed by atoms with E-state index < -0.39 is 18.6 Å². The molecular weight excluding hydrogens is 311 g/mol. The summed E-state index contributed by atoms with van der Waals surface area (Å²) in [5, 5.41) is 2.51. The second-order valence-corrected chi connectivity index (χ2v) is 5.31. The van der Waals surface area contributed by atoms with Gasteiger partial charge in [-0.1, -0.05) is 12.1 Å². The standard InChI is InChI=1S/C15H20F3N3O2/c1-19-14(23)12-6-4-11(5-7-12)8-20(2)9-13(22)21(3)10-15(16,17)18/h4-7H,8-10H2,1-3H3,(H,19,23). The first-order valence-corrected chi connectivity index (χ1v) is 6.92. The summed E-state index contributed by atoms with van der Waals surface area (Å²) >= 11 is 0. The van der Waals surface area contributed by atoms with Crippen LogP contribution in [0.3, 0.4) is 0 Å². The van der Waals surface area contributed by atoms with Gasteiger partial charge in [-0.3, -0.25) is 14.5 Å². The first-order valence-electron chi connectivity index (χ1n) is 6.92. The molecule has 1 rings (SSSR count). The molecule has 0 fully saturated rings. The third-order valence-corrected chi connectivity index (χ3v) is 3.14. The number of halogens is 3. The Morgan fingerprint density at radius 2 is 1.70 bits per heavy atom. The van der Waals surface area contributed by atoms with Crippen molar-refractivity contribution in [1.29, 1.82) is 0 Å². The van der Waals surface area contributed by atoms with Crippen molar-refractivity contribution >= 4 is 11.8 Å². The Balaban J connectivity index is 2.54. The van der Waals surface area contributed by atoms with E-state index in [1.54, 1.807) is 36.2 Å². The van der Waals surface area contributed by atoms with Gasteiger partial charge in [-0.25, -0.2) is 0 Å². The van der Waals surface area contributed by atoms with Crippen molar-refractivity contribution in [2.24, 2.45) is 0 Å². The van der Waals surface area contributed by atoms with Gasteiger partial charge >= 0.3 is 6.18 Å². The van der Waals surface area contributed by atoms with E-state index >= 15 is 0 Å². The minimum atomic E-state index is -4.40. The molecular formula is C15H20F3N3O2. The SMILES string of the molecule is CNC(=O)c1ccc(CN(C)CC(=O)N(C)CC(F)(F)F)cc1. The van der Waals surface area contributed by atoms with Crippen LogP contribution in [0.25, 0.3) is 0 Å². The van der Waals surface area contributed by atoms with Crippen molar-refractivity contribution in [3.63, 3.8) is 0 Å². The summed E-state index contributed by atoms with van der Waals surface area (Å²) < 4.78 is 36.7. The lowest BCUT2D eigenvalue weighted by molar-refractivity contribution is -0.158. The van der Waals surface area contributed by atoms with Crippen LogP contribution < -0.4 is 5.32 Å². The Kier molecular flexibility index (Phi) is 6.56. The van der Waals surface area contributed by atoms with Crippen LogP contribution in [0.1, 0.15) is 15.9 Å². The molecule has 23 heavy (non-hydrogen) atoms. The van der Waals surface area contributed by atoms with Crippen LogP contribution in [0.2, 0.25) is 0 Å². The summed E-state index contributed by atoms with van der Waals surface area (Å²) in [6, 6.07) is 6.79. The maximum Gasteiger partial charge on any atom is 0.406 e. The normalized spacial score (nSPS) is 11.4. The number of nitrogens with one attached hydrogen (secondary N) is 1. The first kappa shape index (κ1) is 19.0. The molecule has 0 aliphatic carbocycles. The van der Waals surface area contributed by atoms with Gasteiger partial charge in [0.05, 0.1) is 6.54 Å². The van der Waals surface area contributed by atoms with Crippen LogP contribution in [0.4, 0.5) is 13.2 Å². The topological polar surface area (TPSA) is 52.7 Å². The van der Waals surface area contributed by atoms with Gasteiger partial charge in [0.25, 0.3) is 5.91 Å². The highest BCUT2D eigenvalue weighted by atomic mass is 19.4. The molecule has 0 radical (unpaired) electrons. The molecule has 0 bridgehead atoms. The maximum absolute atomic E-state index is 12.2. The summed E-state index contributed by atoms with van der Waals surface area (Å²) in [7, 11) is 4.31. The van der Waals surface area contributed by atoms with Crippen molar-refractivity contribution in [2.45, 2.75) is 12.7 Å². The molecule has 0 saturated heterocycles. The van der Waals surface area contributed by atoms with Gasteiger partial charge in [0.2, 0.25) is 5.91 Å². The highest BCUT2D eigenvalue weighted by molar-refractivity contribution is 5.93. The maximum atomic E-state index is 12.2. The number of carbonyl (C=O) groups is 2. The number of carbonyl (C=O) groups excluding carboxylic acids is 2. The summed E-state index contributed by atoms with van der Waals surface area (Å²) in [5.74, 6) is -0.805. The molecule has 0 heterocycles. The van der Waals surface area contributed by atoms with Crippen molar-refractivity contribution < 1.29 is 22.8 Å². The van der Waals surface area contributed by atoms with E-state index in [1.807, 2.05) is 0 Å². The fourth-order valence-electron chi connectivity index (χ4n) is 1.98. The van der Waals surface area contributed by atoms with Crippen molar-refractivity contribution in [2.75, 3.05) is 34.2 Å². The Morgan fingerprint density at radius 1 is 1.13 bits per heavy atom. The highest BCUT2D eigenvalue weighted by Crippen LogP contribution is 2.15. The van der Waals surface area contributed by atoms with E-state index in [4.69, 9.17) is 0 Å². The van der Waals surface area contributed by atoms with E-state index in [0.29, 0.717) is 17.0 Å². The van der Waals surface area contributed by atoms with Gasteiger partial charge in [0, 0.05) is 26.2 Å². The predicted octanol–water partition coefficient (Wildman–Crippen LogP) is 1.50. The zero-order valence-electron chi connectivity index (χ0n) is 13.3. The fraction of sp³-hybridized carbons (Fsp3) is 0.467. The number of rotatable bonds is 6. The molecule has 0 unspecified atom stereocenters. The zero-order valence-corrected chi connectivity index (χ0v) is 13.3. The van der Waals surface area contributed by atoms with Gasteiger partial charge in [0.15, 0.2) is 0 Å². The predicted molar refractivity (Wildman–Crippen MR) is 79.9 cm³/mol. The molecule has 0 atom stereocenters. The summed E-state index contributed by atoms with van der Waals surface area (Å²) in [4.78, 5) is 25.4. The van der Waals surface area contributed by atoms with Crippen molar-refractivity contribution in [3.8, 4) is 0 Å². The summed E-state index contributed by atoms with van der Waals surface area (Å²) in [6.45, 7) is -0.996. The molecule has 0 aliphatic rings. The molecule has 1 aromatic rings. The van der Waals surface area contributed by atoms with Crippen LogP contribution in [0.5, 0.6) is 0 Å². The van der Waals surface area contributed by atoms with Gasteiger partial charge < -0.3 is 10.2 Å². The number of hydrogen-bond acceptors (Lipinski definition) is 3. The van der Waals surface area contributed by atoms with E-state index in [1.165, 1.54) is 7.05 Å². The number of likely N-dealkylation sites (N-methyl/N-ethyl adjacent to an activating group) is 2. The average molecular weight is 331 g/mol. The Hall–Kier alpha value is -2.09. The minimum Gasteiger partial charge on any atom is -0.355 e. The summed E-state index contributed by atoms with van der Waals surface area (Å²) in [6.07, 6.45) is -4.40. The lowest BCUT2D eigenvalue weighted by Gasteiger charge is -2.22. The molecule has 128 valence electrons. The van der Waals surface area contributed by atoms with Gasteiger partial charge in [0.1, 0.15) is 6.54 Å². The quantitative estimate of drug-likeness (QED) is 0.859. The van der Waals surface area contributed by atoms with Crippen molar-refractivity contribution in [1.82, 2.24) is 15.1 Å². The van der Waals surface area contributed by atoms with Crippen LogP contribution in [0, 0.1) is 0 Å². The second kappa shape index (κ2) is 7.96. The fourth-order valence-corrected chi connectivity index (χ4v) is 1.98. The second-order valence-electron chi connectivity index (χ2n) is 5.31. The van der Waals surface area contributed by atoms with Gasteiger partial charge in [-0.05, 0) is 24.7 Å². The average Bonchev–Trinajstić information content (AvgIpc) is 2.45. The van der Waals surface area contributed by atoms with Crippen LogP contribution in [-0.4, -0.2) is 62.0 Å². The monoisotopic (exact) mass is 331 g/mol. The van der Waals surface area contributed by atoms with Crippen molar-refractivity contribution in [3.05, 3.63) is 35.4 Å². The molecule has 0 aliphatic heterocycles. The van der Waals surface area contributed by atoms with E-state index in [-0.39, 0.29) is 12.5 Å². The summed E-state index contributed by atoms with van der Waals surface area (Å²) in [5.41, 5.74) is 1.37. The van der Waals surface area contributed by atoms with Crippen LogP contribution in [0.15, 0.2) is 24.3 Å². The lowest BCUT2D eigenvalue weighted by Crippen LogP contribution is -2.41. The molecule has 8 heteroatoms. The Morgan fingerprint density at radius 3 is 2.17 bits per heavy atom. The lowest BCUT2D eigenvalue weighted by atomic mass is 10.1. The molecule has 0 saturated carbocycles. The molecule has 5 nitrogen and oxygen atoms in total. The smallest absolute Gasteiger partial charge is 0.355 e. The highest BCUT2D eigenvalue weighted by Gasteiger charge is 2.31. The molecule has 0 spiro atoms. The van der Waals surface area contributed by atoms with E-state index in [0.717, 1.165) is 12.6 Å². The number of alkyl halides is 3. The number of amides is 2. The number of hydrogen-bond donors (Lipinski definition) is 1. The van der Waals surface area contributed by atoms with Crippen LogP contribution in [-0.2, 0) is 11.3 Å². The molecule has 1 N–H and O–H groups in total.